The SMILES string of the molecule is Cc1cc(C)cc(Oc2cc(NC(=O)C(C)n3nc(C(F)F)cc3C(F)F)cc([N+](=O)[O-])c2)c1. The van der Waals surface area contributed by atoms with Crippen LogP contribution < -0.4 is 10.1 Å². The van der Waals surface area contributed by atoms with Gasteiger partial charge in [-0.2, -0.15) is 5.10 Å². The Kier molecular flexibility index (Phi) is 7.18. The van der Waals surface area contributed by atoms with Crippen LogP contribution in [0.4, 0.5) is 28.9 Å². The molecule has 0 spiro atoms. The molecule has 0 fully saturated rings. The number of carbonyl (C=O) groups is 1. The number of benzene rings is 2. The molecule has 180 valence electrons. The number of amides is 1. The molecule has 3 rings (SSSR count). The number of aryl methyl sites for hydroxylation is 2. The summed E-state index contributed by atoms with van der Waals surface area (Å²) in [5.74, 6) is -0.431. The van der Waals surface area contributed by atoms with Gasteiger partial charge in [-0.25, -0.2) is 17.6 Å². The molecule has 12 heteroatoms. The number of non-ortho nitro benzene ring substituents is 1. The molecular weight excluding hydrogens is 460 g/mol. The highest BCUT2D eigenvalue weighted by Gasteiger charge is 2.27. The van der Waals surface area contributed by atoms with Crippen molar-refractivity contribution in [2.75, 3.05) is 5.32 Å². The molecule has 0 radical (unpaired) electrons. The summed E-state index contributed by atoms with van der Waals surface area (Å²) in [4.78, 5) is 23.4. The number of alkyl halides is 4. The molecule has 0 aliphatic heterocycles. The molecule has 1 atom stereocenters. The van der Waals surface area contributed by atoms with Crippen molar-refractivity contribution in [3.63, 3.8) is 0 Å². The molecule has 1 aromatic heterocycles. The van der Waals surface area contributed by atoms with E-state index in [0.29, 0.717) is 16.5 Å². The van der Waals surface area contributed by atoms with Crippen LogP contribution in [-0.4, -0.2) is 20.6 Å². The maximum absolute atomic E-state index is 13.3. The van der Waals surface area contributed by atoms with Gasteiger partial charge < -0.3 is 10.1 Å². The maximum Gasteiger partial charge on any atom is 0.282 e. The highest BCUT2D eigenvalue weighted by molar-refractivity contribution is 5.94. The van der Waals surface area contributed by atoms with E-state index in [0.717, 1.165) is 23.3 Å². The number of halogens is 4. The van der Waals surface area contributed by atoms with Gasteiger partial charge >= 0.3 is 0 Å². The summed E-state index contributed by atoms with van der Waals surface area (Å²) in [6.07, 6.45) is -6.25. The number of rotatable bonds is 8. The number of nitro groups is 1. The van der Waals surface area contributed by atoms with Crippen molar-refractivity contribution in [1.82, 2.24) is 9.78 Å². The average molecular weight is 480 g/mol. The first-order valence-electron chi connectivity index (χ1n) is 9.96. The van der Waals surface area contributed by atoms with Gasteiger partial charge in [0.1, 0.15) is 28.9 Å². The van der Waals surface area contributed by atoms with E-state index in [1.165, 1.54) is 13.0 Å². The van der Waals surface area contributed by atoms with Crippen LogP contribution in [0.2, 0.25) is 0 Å². The second kappa shape index (κ2) is 9.89. The van der Waals surface area contributed by atoms with Crippen molar-refractivity contribution >= 4 is 17.3 Å². The Morgan fingerprint density at radius 1 is 1.00 bits per heavy atom. The summed E-state index contributed by atoms with van der Waals surface area (Å²) in [5.41, 5.74) is -0.382. The highest BCUT2D eigenvalue weighted by Crippen LogP contribution is 2.32. The Balaban J connectivity index is 1.89. The van der Waals surface area contributed by atoms with Crippen molar-refractivity contribution in [2.45, 2.75) is 39.7 Å². The van der Waals surface area contributed by atoms with E-state index in [1.807, 2.05) is 19.9 Å². The number of nitrogens with zero attached hydrogens (tertiary/aromatic N) is 3. The van der Waals surface area contributed by atoms with Crippen LogP contribution in [0.15, 0.2) is 42.5 Å². The van der Waals surface area contributed by atoms with Gasteiger partial charge in [0.15, 0.2) is 0 Å². The molecule has 0 saturated carbocycles. The van der Waals surface area contributed by atoms with Crippen molar-refractivity contribution in [2.24, 2.45) is 0 Å². The van der Waals surface area contributed by atoms with Gasteiger partial charge in [-0.1, -0.05) is 6.07 Å². The van der Waals surface area contributed by atoms with Gasteiger partial charge in [0.25, 0.3) is 18.5 Å². The molecule has 34 heavy (non-hydrogen) atoms. The van der Waals surface area contributed by atoms with Gasteiger partial charge in [-0.15, -0.1) is 0 Å². The zero-order chi connectivity index (χ0) is 25.2. The highest BCUT2D eigenvalue weighted by atomic mass is 19.3. The molecule has 2 aromatic carbocycles. The summed E-state index contributed by atoms with van der Waals surface area (Å²) in [5, 5.41) is 17.2. The number of anilines is 1. The minimum absolute atomic E-state index is 0.0505. The van der Waals surface area contributed by atoms with Gasteiger partial charge in [0.2, 0.25) is 5.91 Å². The van der Waals surface area contributed by atoms with Gasteiger partial charge in [-0.3, -0.25) is 19.6 Å². The molecule has 1 heterocycles. The minimum atomic E-state index is -3.15. The zero-order valence-electron chi connectivity index (χ0n) is 18.3. The molecule has 0 bridgehead atoms. The lowest BCUT2D eigenvalue weighted by atomic mass is 10.1. The number of aromatic nitrogens is 2. The Hall–Kier alpha value is -3.96. The van der Waals surface area contributed by atoms with Crippen LogP contribution in [0.3, 0.4) is 0 Å². The summed E-state index contributed by atoms with van der Waals surface area (Å²) in [6.45, 7) is 4.89. The zero-order valence-corrected chi connectivity index (χ0v) is 18.3. The van der Waals surface area contributed by atoms with E-state index in [-0.39, 0.29) is 11.4 Å². The van der Waals surface area contributed by atoms with E-state index < -0.39 is 46.8 Å². The smallest absolute Gasteiger partial charge is 0.282 e. The number of nitrogens with one attached hydrogen (secondary N) is 1. The molecular formula is C22H20F4N4O4. The van der Waals surface area contributed by atoms with Crippen LogP contribution in [0.5, 0.6) is 11.5 Å². The van der Waals surface area contributed by atoms with Gasteiger partial charge in [0, 0.05) is 12.1 Å². The van der Waals surface area contributed by atoms with E-state index >= 15 is 0 Å². The fourth-order valence-corrected chi connectivity index (χ4v) is 3.31. The Bertz CT molecular complexity index is 1210. The fourth-order valence-electron chi connectivity index (χ4n) is 3.31. The van der Waals surface area contributed by atoms with E-state index in [1.54, 1.807) is 12.1 Å². The topological polar surface area (TPSA) is 99.3 Å². The van der Waals surface area contributed by atoms with Crippen LogP contribution in [-0.2, 0) is 4.79 Å². The maximum atomic E-state index is 13.3. The third-order valence-electron chi connectivity index (χ3n) is 4.78. The molecule has 1 N–H and O–H groups in total. The number of carbonyl (C=O) groups excluding carboxylic acids is 1. The lowest BCUT2D eigenvalue weighted by molar-refractivity contribution is -0.384. The Labute approximate surface area is 191 Å². The summed E-state index contributed by atoms with van der Waals surface area (Å²) < 4.78 is 58.7. The predicted octanol–water partition coefficient (Wildman–Crippen LogP) is 6.28. The number of ether oxygens (including phenoxy) is 1. The molecule has 1 unspecified atom stereocenters. The van der Waals surface area contributed by atoms with Crippen LogP contribution in [0.25, 0.3) is 0 Å². The van der Waals surface area contributed by atoms with Crippen LogP contribution >= 0.6 is 0 Å². The van der Waals surface area contributed by atoms with E-state index in [4.69, 9.17) is 4.74 Å². The first-order chi connectivity index (χ1) is 15.9. The lowest BCUT2D eigenvalue weighted by Crippen LogP contribution is -2.26. The van der Waals surface area contributed by atoms with E-state index in [2.05, 4.69) is 10.4 Å². The quantitative estimate of drug-likeness (QED) is 0.233. The first-order valence-corrected chi connectivity index (χ1v) is 9.96. The van der Waals surface area contributed by atoms with Crippen LogP contribution in [0.1, 0.15) is 48.3 Å². The number of hydrogen-bond donors (Lipinski definition) is 1. The normalized spacial score (nSPS) is 12.1. The molecule has 0 saturated heterocycles. The Morgan fingerprint density at radius 2 is 1.62 bits per heavy atom. The number of nitro benzene ring substituents is 1. The second-order valence-electron chi connectivity index (χ2n) is 7.60. The standard InChI is InChI=1S/C22H20F4N4O4/c1-11-4-12(2)6-16(5-11)34-17-8-14(7-15(9-17)30(32)33)27-22(31)13(3)29-19(21(25)26)10-18(28-29)20(23)24/h4-10,13,20-21H,1-3H3,(H,27,31). The monoisotopic (exact) mass is 480 g/mol. The van der Waals surface area contributed by atoms with Crippen molar-refractivity contribution in [3.05, 3.63) is 75.1 Å². The molecule has 3 aromatic rings. The second-order valence-corrected chi connectivity index (χ2v) is 7.60. The lowest BCUT2D eigenvalue weighted by Gasteiger charge is -2.16. The van der Waals surface area contributed by atoms with E-state index in [9.17, 15) is 32.5 Å². The first kappa shape index (κ1) is 24.7. The molecule has 1 amide bonds. The largest absolute Gasteiger partial charge is 0.457 e. The molecule has 0 aliphatic rings. The fraction of sp³-hybridized carbons (Fsp3) is 0.273. The van der Waals surface area contributed by atoms with Crippen molar-refractivity contribution < 1.29 is 32.0 Å². The van der Waals surface area contributed by atoms with Gasteiger partial charge in [0.05, 0.1) is 16.7 Å². The van der Waals surface area contributed by atoms with Crippen molar-refractivity contribution in [1.29, 1.82) is 0 Å². The number of hydrogen-bond acceptors (Lipinski definition) is 5. The molecule has 0 aliphatic carbocycles. The Morgan fingerprint density at radius 3 is 2.18 bits per heavy atom. The van der Waals surface area contributed by atoms with Crippen LogP contribution in [0, 0.1) is 24.0 Å². The molecule has 8 nitrogen and oxygen atoms in total. The van der Waals surface area contributed by atoms with Gasteiger partial charge in [-0.05, 0) is 50.1 Å². The summed E-state index contributed by atoms with van der Waals surface area (Å²) >= 11 is 0. The average Bonchev–Trinajstić information content (AvgIpc) is 3.18. The minimum Gasteiger partial charge on any atom is -0.457 e. The third-order valence-corrected chi connectivity index (χ3v) is 4.78. The van der Waals surface area contributed by atoms with Crippen molar-refractivity contribution in [3.8, 4) is 11.5 Å². The summed E-state index contributed by atoms with van der Waals surface area (Å²) in [6, 6.07) is 8.00. The third kappa shape index (κ3) is 5.69. The predicted molar refractivity (Wildman–Crippen MR) is 115 cm³/mol. The summed E-state index contributed by atoms with van der Waals surface area (Å²) in [7, 11) is 0.